The monoisotopic (exact) mass is 206 g/mol. The molecule has 3 unspecified atom stereocenters. The van der Waals surface area contributed by atoms with Gasteiger partial charge in [-0.1, -0.05) is 44.3 Å². The SMILES string of the molecule is CCCCC1CC(C)CC1CC1=C(C)C1. The summed E-state index contributed by atoms with van der Waals surface area (Å²) in [4.78, 5) is 0. The molecule has 0 bridgehead atoms. The Morgan fingerprint density at radius 1 is 1.20 bits per heavy atom. The zero-order chi connectivity index (χ0) is 10.8. The Morgan fingerprint density at radius 2 is 1.87 bits per heavy atom. The van der Waals surface area contributed by atoms with Crippen LogP contribution >= 0.6 is 0 Å². The molecule has 0 saturated heterocycles. The molecule has 0 aliphatic heterocycles. The van der Waals surface area contributed by atoms with Crippen LogP contribution in [0.25, 0.3) is 0 Å². The van der Waals surface area contributed by atoms with E-state index in [4.69, 9.17) is 0 Å². The summed E-state index contributed by atoms with van der Waals surface area (Å²) in [5, 5.41) is 0. The van der Waals surface area contributed by atoms with E-state index in [1.165, 1.54) is 44.9 Å². The highest BCUT2D eigenvalue weighted by Crippen LogP contribution is 2.46. The Bertz CT molecular complexity index is 249. The average Bonchev–Trinajstić information content (AvgIpc) is 2.74. The molecule has 0 heteroatoms. The lowest BCUT2D eigenvalue weighted by atomic mass is 9.88. The highest BCUT2D eigenvalue weighted by atomic mass is 14.4. The molecular weight excluding hydrogens is 180 g/mol. The molecule has 0 nitrogen and oxygen atoms in total. The van der Waals surface area contributed by atoms with Gasteiger partial charge in [-0.3, -0.25) is 0 Å². The van der Waals surface area contributed by atoms with Crippen molar-refractivity contribution >= 4 is 0 Å². The maximum absolute atomic E-state index is 2.45. The molecule has 0 spiro atoms. The molecule has 1 fully saturated rings. The summed E-state index contributed by atoms with van der Waals surface area (Å²) < 4.78 is 0. The molecule has 0 amide bonds. The Labute approximate surface area is 95.1 Å². The summed E-state index contributed by atoms with van der Waals surface area (Å²) >= 11 is 0. The van der Waals surface area contributed by atoms with Crippen molar-refractivity contribution in [2.45, 2.75) is 65.7 Å². The smallest absolute Gasteiger partial charge is 0.0106 e. The molecule has 0 aromatic carbocycles. The van der Waals surface area contributed by atoms with Crippen LogP contribution < -0.4 is 0 Å². The number of unbranched alkanes of at least 4 members (excludes halogenated alkanes) is 1. The Morgan fingerprint density at radius 3 is 2.47 bits per heavy atom. The van der Waals surface area contributed by atoms with Gasteiger partial charge in [0.1, 0.15) is 0 Å². The first-order valence-corrected chi connectivity index (χ1v) is 6.88. The van der Waals surface area contributed by atoms with Crippen molar-refractivity contribution in [3.63, 3.8) is 0 Å². The Kier molecular flexibility index (Phi) is 3.53. The van der Waals surface area contributed by atoms with Crippen molar-refractivity contribution in [2.75, 3.05) is 0 Å². The van der Waals surface area contributed by atoms with Crippen LogP contribution in [0.15, 0.2) is 11.1 Å². The third-order valence-corrected chi connectivity index (χ3v) is 4.47. The van der Waals surface area contributed by atoms with Gasteiger partial charge in [0.25, 0.3) is 0 Å². The van der Waals surface area contributed by atoms with Crippen LogP contribution in [0.4, 0.5) is 0 Å². The van der Waals surface area contributed by atoms with Crippen molar-refractivity contribution < 1.29 is 0 Å². The lowest BCUT2D eigenvalue weighted by Gasteiger charge is -2.17. The van der Waals surface area contributed by atoms with Gasteiger partial charge in [-0.05, 0) is 50.4 Å². The fraction of sp³-hybridized carbons (Fsp3) is 0.867. The second kappa shape index (κ2) is 4.72. The normalized spacial score (nSPS) is 35.0. The minimum absolute atomic E-state index is 0.997. The van der Waals surface area contributed by atoms with Crippen LogP contribution in [-0.4, -0.2) is 0 Å². The van der Waals surface area contributed by atoms with Gasteiger partial charge in [0.05, 0.1) is 0 Å². The summed E-state index contributed by atoms with van der Waals surface area (Å²) in [6, 6.07) is 0. The molecule has 0 radical (unpaired) electrons. The molecule has 0 aromatic heterocycles. The summed E-state index contributed by atoms with van der Waals surface area (Å²) in [5.74, 6) is 3.09. The zero-order valence-corrected chi connectivity index (χ0v) is 10.7. The molecule has 2 rings (SSSR count). The molecule has 15 heavy (non-hydrogen) atoms. The molecule has 2 aliphatic carbocycles. The fourth-order valence-electron chi connectivity index (χ4n) is 3.42. The van der Waals surface area contributed by atoms with E-state index in [2.05, 4.69) is 20.8 Å². The van der Waals surface area contributed by atoms with Gasteiger partial charge in [-0.25, -0.2) is 0 Å². The van der Waals surface area contributed by atoms with Crippen LogP contribution in [0, 0.1) is 17.8 Å². The zero-order valence-electron chi connectivity index (χ0n) is 10.7. The lowest BCUT2D eigenvalue weighted by molar-refractivity contribution is 0.354. The first kappa shape index (κ1) is 11.2. The Hall–Kier alpha value is -0.260. The highest BCUT2D eigenvalue weighted by Gasteiger charge is 2.33. The van der Waals surface area contributed by atoms with Crippen molar-refractivity contribution in [1.29, 1.82) is 0 Å². The van der Waals surface area contributed by atoms with Crippen LogP contribution in [0.5, 0.6) is 0 Å². The van der Waals surface area contributed by atoms with Crippen LogP contribution in [0.3, 0.4) is 0 Å². The molecule has 0 aromatic rings. The summed E-state index contributed by atoms with van der Waals surface area (Å²) in [5.41, 5.74) is 3.50. The fourth-order valence-corrected chi connectivity index (χ4v) is 3.42. The van der Waals surface area contributed by atoms with Gasteiger partial charge in [0, 0.05) is 0 Å². The van der Waals surface area contributed by atoms with E-state index >= 15 is 0 Å². The summed E-state index contributed by atoms with van der Waals surface area (Å²) in [6.45, 7) is 7.09. The van der Waals surface area contributed by atoms with Gasteiger partial charge < -0.3 is 0 Å². The average molecular weight is 206 g/mol. The third-order valence-electron chi connectivity index (χ3n) is 4.47. The minimum atomic E-state index is 0.997. The standard InChI is InChI=1S/C15H26/c1-4-5-6-13-7-11(2)8-15(13)10-14-9-12(14)3/h11,13,15H,4-10H2,1-3H3. The molecule has 0 N–H and O–H groups in total. The van der Waals surface area contributed by atoms with Gasteiger partial charge in [-0.15, -0.1) is 0 Å². The van der Waals surface area contributed by atoms with Crippen molar-refractivity contribution in [3.05, 3.63) is 11.1 Å². The van der Waals surface area contributed by atoms with Crippen molar-refractivity contribution in [2.24, 2.45) is 17.8 Å². The van der Waals surface area contributed by atoms with Gasteiger partial charge in [-0.2, -0.15) is 0 Å². The van der Waals surface area contributed by atoms with Crippen LogP contribution in [0.1, 0.15) is 65.7 Å². The minimum Gasteiger partial charge on any atom is -0.0697 e. The first-order valence-electron chi connectivity index (χ1n) is 6.88. The largest absolute Gasteiger partial charge is 0.0697 e. The predicted octanol–water partition coefficient (Wildman–Crippen LogP) is 4.95. The maximum Gasteiger partial charge on any atom is -0.0106 e. The third kappa shape index (κ3) is 2.86. The lowest BCUT2D eigenvalue weighted by Crippen LogP contribution is -2.07. The molecule has 0 heterocycles. The Balaban J connectivity index is 1.84. The van der Waals surface area contributed by atoms with Gasteiger partial charge in [0.2, 0.25) is 0 Å². The second-order valence-corrected chi connectivity index (χ2v) is 6.00. The van der Waals surface area contributed by atoms with Gasteiger partial charge >= 0.3 is 0 Å². The summed E-state index contributed by atoms with van der Waals surface area (Å²) in [6.07, 6.45) is 10.2. The molecule has 2 aliphatic rings. The van der Waals surface area contributed by atoms with E-state index < -0.39 is 0 Å². The van der Waals surface area contributed by atoms with E-state index in [0.717, 1.165) is 17.8 Å². The van der Waals surface area contributed by atoms with E-state index in [0.29, 0.717) is 0 Å². The van der Waals surface area contributed by atoms with Crippen molar-refractivity contribution in [3.8, 4) is 0 Å². The van der Waals surface area contributed by atoms with Gasteiger partial charge in [0.15, 0.2) is 0 Å². The van der Waals surface area contributed by atoms with Crippen LogP contribution in [0.2, 0.25) is 0 Å². The molecule has 3 atom stereocenters. The first-order chi connectivity index (χ1) is 7.20. The quantitative estimate of drug-likeness (QED) is 0.558. The predicted molar refractivity (Wildman–Crippen MR) is 66.8 cm³/mol. The molecule has 86 valence electrons. The number of rotatable bonds is 5. The molecular formula is C15H26. The second-order valence-electron chi connectivity index (χ2n) is 6.00. The summed E-state index contributed by atoms with van der Waals surface area (Å²) in [7, 11) is 0. The highest BCUT2D eigenvalue weighted by molar-refractivity contribution is 5.33. The van der Waals surface area contributed by atoms with Crippen molar-refractivity contribution in [1.82, 2.24) is 0 Å². The maximum atomic E-state index is 2.45. The van der Waals surface area contributed by atoms with E-state index in [-0.39, 0.29) is 0 Å². The number of hydrogen-bond acceptors (Lipinski definition) is 0. The van der Waals surface area contributed by atoms with Crippen LogP contribution in [-0.2, 0) is 0 Å². The van der Waals surface area contributed by atoms with E-state index in [1.807, 2.05) is 0 Å². The number of allylic oxidation sites excluding steroid dienone is 2. The van der Waals surface area contributed by atoms with E-state index in [9.17, 15) is 0 Å². The van der Waals surface area contributed by atoms with E-state index in [1.54, 1.807) is 11.1 Å². The molecule has 1 saturated carbocycles. The number of hydrogen-bond donors (Lipinski definition) is 0. The topological polar surface area (TPSA) is 0 Å².